The highest BCUT2D eigenvalue weighted by molar-refractivity contribution is 5.61. The first-order chi connectivity index (χ1) is 11.6. The topological polar surface area (TPSA) is 57.6 Å². The molecule has 0 bridgehead atoms. The van der Waals surface area contributed by atoms with Crippen LogP contribution in [0.5, 0.6) is 0 Å². The highest BCUT2D eigenvalue weighted by Crippen LogP contribution is 2.29. The average Bonchev–Trinajstić information content (AvgIpc) is 3.08. The third-order valence-corrected chi connectivity index (χ3v) is 5.28. The first kappa shape index (κ1) is 17.0. The third kappa shape index (κ3) is 3.49. The van der Waals surface area contributed by atoms with Gasteiger partial charge in [0, 0.05) is 6.42 Å². The van der Waals surface area contributed by atoms with Crippen molar-refractivity contribution in [1.29, 1.82) is 5.26 Å². The van der Waals surface area contributed by atoms with E-state index in [4.69, 9.17) is 0 Å². The first-order valence-electron chi connectivity index (χ1n) is 9.41. The van der Waals surface area contributed by atoms with Crippen LogP contribution >= 0.6 is 0 Å². The number of fused-ring (bicyclic) bond motifs is 1. The van der Waals surface area contributed by atoms with Crippen LogP contribution in [0.3, 0.4) is 0 Å². The molecule has 24 heavy (non-hydrogen) atoms. The molecular formula is C19H31N5+2. The van der Waals surface area contributed by atoms with E-state index in [2.05, 4.69) is 42.2 Å². The summed E-state index contributed by atoms with van der Waals surface area (Å²) in [6.07, 6.45) is 4.64. The molecule has 1 aromatic rings. The van der Waals surface area contributed by atoms with Gasteiger partial charge < -0.3 is 10.2 Å². The summed E-state index contributed by atoms with van der Waals surface area (Å²) in [5.41, 5.74) is 3.48. The van der Waals surface area contributed by atoms with Gasteiger partial charge in [-0.25, -0.2) is 4.98 Å². The van der Waals surface area contributed by atoms with E-state index in [1.165, 1.54) is 34.7 Å². The number of aromatic amines is 1. The molecule has 3 N–H and O–H groups in total. The van der Waals surface area contributed by atoms with E-state index in [0.717, 1.165) is 56.9 Å². The number of hydrogen-bond donors (Lipinski definition) is 2. The molecule has 130 valence electrons. The fourth-order valence-corrected chi connectivity index (χ4v) is 3.85. The van der Waals surface area contributed by atoms with E-state index >= 15 is 0 Å². The minimum atomic E-state index is 0.663. The van der Waals surface area contributed by atoms with Crippen molar-refractivity contribution in [1.82, 2.24) is 0 Å². The summed E-state index contributed by atoms with van der Waals surface area (Å²) in [5, 5.41) is 13.3. The van der Waals surface area contributed by atoms with Gasteiger partial charge in [0.25, 0.3) is 0 Å². The number of nitrogens with zero attached hydrogens (tertiary/aromatic N) is 2. The van der Waals surface area contributed by atoms with Crippen molar-refractivity contribution in [2.45, 2.75) is 46.1 Å². The maximum absolute atomic E-state index is 9.77. The Balaban J connectivity index is 1.99. The number of aromatic nitrogens is 1. The third-order valence-electron chi connectivity index (χ3n) is 5.28. The van der Waals surface area contributed by atoms with Crippen LogP contribution in [0, 0.1) is 17.2 Å². The van der Waals surface area contributed by atoms with Crippen LogP contribution in [0.25, 0.3) is 0 Å². The SMILES string of the molecule is CC(C)CCNc1[nH+]c(N2CCCC2)c2c(c1C#N)CC[NH+](C)C2. The molecule has 1 fully saturated rings. The smallest absolute Gasteiger partial charge is 0.237 e. The van der Waals surface area contributed by atoms with Crippen LogP contribution in [0.15, 0.2) is 0 Å². The minimum Gasteiger partial charge on any atom is -0.333 e. The van der Waals surface area contributed by atoms with Gasteiger partial charge in [0.2, 0.25) is 11.6 Å². The van der Waals surface area contributed by atoms with E-state index in [9.17, 15) is 5.26 Å². The summed E-state index contributed by atoms with van der Waals surface area (Å²) < 4.78 is 0. The van der Waals surface area contributed by atoms with Gasteiger partial charge in [0.1, 0.15) is 18.2 Å². The molecule has 0 aromatic carbocycles. The molecule has 3 heterocycles. The number of H-pyrrole nitrogens is 1. The van der Waals surface area contributed by atoms with Gasteiger partial charge in [-0.1, -0.05) is 13.8 Å². The molecule has 0 aliphatic carbocycles. The monoisotopic (exact) mass is 329 g/mol. The number of nitrogens with one attached hydrogen (secondary N) is 3. The Bertz CT molecular complexity index is 626. The zero-order chi connectivity index (χ0) is 17.1. The van der Waals surface area contributed by atoms with Gasteiger partial charge in [-0.05, 0) is 30.7 Å². The summed E-state index contributed by atoms with van der Waals surface area (Å²) >= 11 is 0. The van der Waals surface area contributed by atoms with Crippen LogP contribution in [0.1, 0.15) is 49.8 Å². The Morgan fingerprint density at radius 2 is 2.04 bits per heavy atom. The van der Waals surface area contributed by atoms with Gasteiger partial charge in [0.15, 0.2) is 0 Å². The number of nitriles is 1. The molecule has 5 heteroatoms. The highest BCUT2D eigenvalue weighted by Gasteiger charge is 2.32. The molecule has 1 saturated heterocycles. The second-order valence-corrected chi connectivity index (χ2v) is 7.73. The predicted molar refractivity (Wildman–Crippen MR) is 96.3 cm³/mol. The normalized spacial score (nSPS) is 20.1. The Hall–Kier alpha value is -1.80. The predicted octanol–water partition coefficient (Wildman–Crippen LogP) is 1.00. The van der Waals surface area contributed by atoms with Crippen LogP contribution in [0.4, 0.5) is 11.6 Å². The van der Waals surface area contributed by atoms with Gasteiger partial charge >= 0.3 is 0 Å². The zero-order valence-electron chi connectivity index (χ0n) is 15.3. The standard InChI is InChI=1S/C19H29N5/c1-14(2)6-8-21-18-16(12-20)15-7-11-23(3)13-17(15)19(22-18)24-9-4-5-10-24/h14H,4-11,13H2,1-3H3,(H,21,22)/p+2. The Labute approximate surface area is 145 Å². The second kappa shape index (κ2) is 7.40. The van der Waals surface area contributed by atoms with Gasteiger partial charge in [-0.3, -0.25) is 4.90 Å². The van der Waals surface area contributed by atoms with Crippen molar-refractivity contribution < 1.29 is 9.88 Å². The molecule has 2 aliphatic rings. The van der Waals surface area contributed by atoms with Crippen molar-refractivity contribution in [2.24, 2.45) is 5.92 Å². The van der Waals surface area contributed by atoms with E-state index in [1.807, 2.05) is 0 Å². The molecular weight excluding hydrogens is 298 g/mol. The summed E-state index contributed by atoms with van der Waals surface area (Å²) in [4.78, 5) is 7.61. The first-order valence-corrected chi connectivity index (χ1v) is 9.41. The average molecular weight is 329 g/mol. The molecule has 5 nitrogen and oxygen atoms in total. The lowest BCUT2D eigenvalue weighted by Crippen LogP contribution is -3.08. The van der Waals surface area contributed by atoms with Crippen molar-refractivity contribution in [3.8, 4) is 6.07 Å². The van der Waals surface area contributed by atoms with Crippen LogP contribution in [0.2, 0.25) is 0 Å². The highest BCUT2D eigenvalue weighted by atomic mass is 15.2. The van der Waals surface area contributed by atoms with E-state index in [1.54, 1.807) is 0 Å². The fourth-order valence-electron chi connectivity index (χ4n) is 3.85. The maximum Gasteiger partial charge on any atom is 0.237 e. The molecule has 0 amide bonds. The molecule has 0 saturated carbocycles. The van der Waals surface area contributed by atoms with E-state index < -0.39 is 0 Å². The molecule has 1 unspecified atom stereocenters. The number of rotatable bonds is 5. The van der Waals surface area contributed by atoms with Crippen molar-refractivity contribution in [3.63, 3.8) is 0 Å². The van der Waals surface area contributed by atoms with E-state index in [0.29, 0.717) is 5.92 Å². The summed E-state index contributed by atoms with van der Waals surface area (Å²) in [7, 11) is 2.25. The summed E-state index contributed by atoms with van der Waals surface area (Å²) in [5.74, 6) is 2.85. The number of hydrogen-bond acceptors (Lipinski definition) is 3. The van der Waals surface area contributed by atoms with Crippen LogP contribution in [-0.4, -0.2) is 33.2 Å². The summed E-state index contributed by atoms with van der Waals surface area (Å²) in [6.45, 7) is 9.75. The van der Waals surface area contributed by atoms with E-state index in [-0.39, 0.29) is 0 Å². The molecule has 2 aliphatic heterocycles. The number of likely N-dealkylation sites (N-methyl/N-ethyl adjacent to an activating group) is 1. The number of quaternary nitrogens is 1. The Morgan fingerprint density at radius 3 is 2.71 bits per heavy atom. The molecule has 1 aromatic heterocycles. The Morgan fingerprint density at radius 1 is 1.29 bits per heavy atom. The maximum atomic E-state index is 9.77. The van der Waals surface area contributed by atoms with Crippen LogP contribution in [-0.2, 0) is 13.0 Å². The van der Waals surface area contributed by atoms with Gasteiger partial charge in [-0.2, -0.15) is 5.26 Å². The molecule has 3 rings (SSSR count). The lowest BCUT2D eigenvalue weighted by Gasteiger charge is -2.26. The largest absolute Gasteiger partial charge is 0.333 e. The van der Waals surface area contributed by atoms with Crippen molar-refractivity contribution in [3.05, 3.63) is 16.7 Å². The number of anilines is 2. The zero-order valence-corrected chi connectivity index (χ0v) is 15.3. The quantitative estimate of drug-likeness (QED) is 0.847. The van der Waals surface area contributed by atoms with Gasteiger partial charge in [-0.15, -0.1) is 0 Å². The lowest BCUT2D eigenvalue weighted by atomic mass is 9.95. The fraction of sp³-hybridized carbons (Fsp3) is 0.684. The molecule has 1 atom stereocenters. The van der Waals surface area contributed by atoms with Crippen LogP contribution < -0.4 is 20.1 Å². The number of pyridine rings is 1. The minimum absolute atomic E-state index is 0.663. The van der Waals surface area contributed by atoms with Crippen molar-refractivity contribution >= 4 is 11.6 Å². The van der Waals surface area contributed by atoms with Gasteiger partial charge in [0.05, 0.1) is 38.8 Å². The Kier molecular flexibility index (Phi) is 5.25. The molecule has 0 spiro atoms. The van der Waals surface area contributed by atoms with Crippen molar-refractivity contribution in [2.75, 3.05) is 43.4 Å². The second-order valence-electron chi connectivity index (χ2n) is 7.73. The lowest BCUT2D eigenvalue weighted by molar-refractivity contribution is -0.895. The molecule has 0 radical (unpaired) electrons. The summed E-state index contributed by atoms with van der Waals surface area (Å²) in [6, 6.07) is 2.47.